The quantitative estimate of drug-likeness (QED) is 0.591. The molecule has 0 fully saturated rings. The van der Waals surface area contributed by atoms with Crippen molar-refractivity contribution in [3.63, 3.8) is 0 Å². The molecule has 0 aliphatic carbocycles. The molecule has 90 valence electrons. The van der Waals surface area contributed by atoms with Crippen molar-refractivity contribution in [1.29, 1.82) is 0 Å². The lowest BCUT2D eigenvalue weighted by molar-refractivity contribution is 0.397. The van der Waals surface area contributed by atoms with Gasteiger partial charge in [0, 0.05) is 24.7 Å². The van der Waals surface area contributed by atoms with Crippen molar-refractivity contribution in [3.8, 4) is 5.88 Å². The second-order valence-corrected chi connectivity index (χ2v) is 4.06. The highest BCUT2D eigenvalue weighted by molar-refractivity contribution is 6.18. The summed E-state index contributed by atoms with van der Waals surface area (Å²) in [6, 6.07) is 1.72. The molecule has 0 aromatic carbocycles. The van der Waals surface area contributed by atoms with E-state index in [2.05, 4.69) is 22.2 Å². The molecule has 0 amide bonds. The van der Waals surface area contributed by atoms with Gasteiger partial charge >= 0.3 is 0 Å². The number of methoxy groups -OCH3 is 1. The predicted molar refractivity (Wildman–Crippen MR) is 66.2 cm³/mol. The average Bonchev–Trinajstić information content (AvgIpc) is 2.34. The van der Waals surface area contributed by atoms with Gasteiger partial charge < -0.3 is 10.1 Å². The molecular weight excluding hydrogens is 226 g/mol. The Balaban J connectivity index is 2.26. The standard InChI is InChI=1S/C11H18ClN3O/c1-9(8-12)4-3-6-13-11-14-7-5-10(15-11)16-2/h5,7,9H,3-4,6,8H2,1-2H3,(H,13,14,15). The Kier molecular flexibility index (Phi) is 5.93. The van der Waals surface area contributed by atoms with Crippen LogP contribution in [0.25, 0.3) is 0 Å². The third kappa shape index (κ3) is 4.66. The Bertz CT molecular complexity index is 309. The first kappa shape index (κ1) is 13.0. The van der Waals surface area contributed by atoms with E-state index in [4.69, 9.17) is 16.3 Å². The van der Waals surface area contributed by atoms with Crippen LogP contribution < -0.4 is 10.1 Å². The first-order valence-electron chi connectivity index (χ1n) is 5.43. The number of nitrogens with one attached hydrogen (secondary N) is 1. The Hall–Kier alpha value is -1.03. The lowest BCUT2D eigenvalue weighted by Crippen LogP contribution is -2.07. The molecule has 0 aliphatic heterocycles. The average molecular weight is 244 g/mol. The van der Waals surface area contributed by atoms with Crippen LogP contribution in [0.2, 0.25) is 0 Å². The second kappa shape index (κ2) is 7.28. The highest BCUT2D eigenvalue weighted by atomic mass is 35.5. The molecule has 1 unspecified atom stereocenters. The van der Waals surface area contributed by atoms with Gasteiger partial charge in [-0.2, -0.15) is 4.98 Å². The van der Waals surface area contributed by atoms with E-state index in [1.165, 1.54) is 0 Å². The molecule has 0 saturated carbocycles. The van der Waals surface area contributed by atoms with E-state index in [0.29, 0.717) is 17.7 Å². The van der Waals surface area contributed by atoms with Crippen LogP contribution in [-0.2, 0) is 0 Å². The summed E-state index contributed by atoms with van der Waals surface area (Å²) >= 11 is 5.73. The van der Waals surface area contributed by atoms with E-state index in [-0.39, 0.29) is 0 Å². The summed E-state index contributed by atoms with van der Waals surface area (Å²) in [6.07, 6.45) is 3.85. The Labute approximate surface area is 101 Å². The zero-order chi connectivity index (χ0) is 11.8. The molecule has 1 heterocycles. The number of hydrogen-bond acceptors (Lipinski definition) is 4. The maximum Gasteiger partial charge on any atom is 0.225 e. The molecule has 1 aromatic rings. The van der Waals surface area contributed by atoms with Crippen LogP contribution in [0.1, 0.15) is 19.8 Å². The largest absolute Gasteiger partial charge is 0.481 e. The van der Waals surface area contributed by atoms with Gasteiger partial charge in [0.1, 0.15) is 0 Å². The molecule has 4 nitrogen and oxygen atoms in total. The Morgan fingerprint density at radius 3 is 3.06 bits per heavy atom. The minimum atomic E-state index is 0.565. The summed E-state index contributed by atoms with van der Waals surface area (Å²) < 4.78 is 5.01. The first-order valence-corrected chi connectivity index (χ1v) is 5.96. The topological polar surface area (TPSA) is 47.0 Å². The van der Waals surface area contributed by atoms with Gasteiger partial charge in [-0.3, -0.25) is 0 Å². The van der Waals surface area contributed by atoms with Crippen LogP contribution in [0.3, 0.4) is 0 Å². The number of nitrogens with zero attached hydrogens (tertiary/aromatic N) is 2. The van der Waals surface area contributed by atoms with Gasteiger partial charge in [0.25, 0.3) is 0 Å². The van der Waals surface area contributed by atoms with E-state index in [1.54, 1.807) is 19.4 Å². The molecule has 16 heavy (non-hydrogen) atoms. The highest BCUT2D eigenvalue weighted by Crippen LogP contribution is 2.09. The van der Waals surface area contributed by atoms with Gasteiger partial charge in [-0.05, 0) is 18.8 Å². The first-order chi connectivity index (χ1) is 7.76. The minimum absolute atomic E-state index is 0.565. The van der Waals surface area contributed by atoms with Crippen molar-refractivity contribution in [1.82, 2.24) is 9.97 Å². The number of aromatic nitrogens is 2. The molecule has 0 saturated heterocycles. The van der Waals surface area contributed by atoms with Crippen molar-refractivity contribution in [3.05, 3.63) is 12.3 Å². The molecule has 1 aromatic heterocycles. The zero-order valence-corrected chi connectivity index (χ0v) is 10.5. The fraction of sp³-hybridized carbons (Fsp3) is 0.636. The van der Waals surface area contributed by atoms with E-state index >= 15 is 0 Å². The highest BCUT2D eigenvalue weighted by Gasteiger charge is 2.01. The SMILES string of the molecule is COc1ccnc(NCCCC(C)CCl)n1. The Morgan fingerprint density at radius 2 is 2.38 bits per heavy atom. The van der Waals surface area contributed by atoms with E-state index in [9.17, 15) is 0 Å². The van der Waals surface area contributed by atoms with Gasteiger partial charge in [0.05, 0.1) is 7.11 Å². The number of anilines is 1. The molecule has 0 aliphatic rings. The summed E-state index contributed by atoms with van der Waals surface area (Å²) in [5, 5.41) is 3.15. The number of alkyl halides is 1. The smallest absolute Gasteiger partial charge is 0.225 e. The van der Waals surface area contributed by atoms with Gasteiger partial charge in [0.15, 0.2) is 0 Å². The molecule has 0 spiro atoms. The van der Waals surface area contributed by atoms with Gasteiger partial charge in [0.2, 0.25) is 11.8 Å². The van der Waals surface area contributed by atoms with Crippen LogP contribution in [0.5, 0.6) is 5.88 Å². The molecule has 5 heteroatoms. The number of rotatable bonds is 7. The maximum atomic E-state index is 5.73. The van der Waals surface area contributed by atoms with Crippen molar-refractivity contribution < 1.29 is 4.74 Å². The van der Waals surface area contributed by atoms with Crippen LogP contribution >= 0.6 is 11.6 Å². The molecular formula is C11H18ClN3O. The van der Waals surface area contributed by atoms with E-state index < -0.39 is 0 Å². The van der Waals surface area contributed by atoms with Crippen LogP contribution in [0.4, 0.5) is 5.95 Å². The normalized spacial score (nSPS) is 12.2. The summed E-state index contributed by atoms with van der Waals surface area (Å²) in [5.74, 6) is 2.47. The fourth-order valence-electron chi connectivity index (χ4n) is 1.27. The number of hydrogen-bond donors (Lipinski definition) is 1. The summed E-state index contributed by atoms with van der Waals surface area (Å²) in [7, 11) is 1.59. The van der Waals surface area contributed by atoms with Crippen molar-refractivity contribution >= 4 is 17.5 Å². The number of ether oxygens (including phenoxy) is 1. The van der Waals surface area contributed by atoms with Crippen LogP contribution in [0.15, 0.2) is 12.3 Å². The van der Waals surface area contributed by atoms with Gasteiger partial charge in [-0.15, -0.1) is 11.6 Å². The molecule has 1 rings (SSSR count). The van der Waals surface area contributed by atoms with Crippen molar-refractivity contribution in [2.24, 2.45) is 5.92 Å². The molecule has 0 radical (unpaired) electrons. The Morgan fingerprint density at radius 1 is 1.56 bits per heavy atom. The van der Waals surface area contributed by atoms with Gasteiger partial charge in [-0.1, -0.05) is 6.92 Å². The third-order valence-electron chi connectivity index (χ3n) is 2.26. The lowest BCUT2D eigenvalue weighted by Gasteiger charge is -2.08. The molecule has 1 atom stereocenters. The summed E-state index contributed by atoms with van der Waals surface area (Å²) in [5.41, 5.74) is 0. The number of halogens is 1. The fourth-order valence-corrected chi connectivity index (χ4v) is 1.42. The van der Waals surface area contributed by atoms with Crippen molar-refractivity contribution in [2.45, 2.75) is 19.8 Å². The predicted octanol–water partition coefficient (Wildman–Crippen LogP) is 2.55. The van der Waals surface area contributed by atoms with E-state index in [1.807, 2.05) is 0 Å². The summed E-state index contributed by atoms with van der Waals surface area (Å²) in [4.78, 5) is 8.25. The van der Waals surface area contributed by atoms with Gasteiger partial charge in [-0.25, -0.2) is 4.98 Å². The lowest BCUT2D eigenvalue weighted by atomic mass is 10.1. The second-order valence-electron chi connectivity index (χ2n) is 3.75. The zero-order valence-electron chi connectivity index (χ0n) is 9.74. The summed E-state index contributed by atoms with van der Waals surface area (Å²) in [6.45, 7) is 3.00. The molecule has 1 N–H and O–H groups in total. The third-order valence-corrected chi connectivity index (χ3v) is 2.79. The van der Waals surface area contributed by atoms with E-state index in [0.717, 1.165) is 25.3 Å². The van der Waals surface area contributed by atoms with Crippen LogP contribution in [-0.4, -0.2) is 29.5 Å². The minimum Gasteiger partial charge on any atom is -0.481 e. The monoisotopic (exact) mass is 243 g/mol. The van der Waals surface area contributed by atoms with Crippen molar-refractivity contribution in [2.75, 3.05) is 24.9 Å². The maximum absolute atomic E-state index is 5.73. The van der Waals surface area contributed by atoms with Crippen LogP contribution in [0, 0.1) is 5.92 Å². The molecule has 0 bridgehead atoms.